The van der Waals surface area contributed by atoms with Crippen molar-refractivity contribution >= 4 is 38.0 Å². The second-order valence-corrected chi connectivity index (χ2v) is 10.1. The van der Waals surface area contributed by atoms with Gasteiger partial charge in [0.15, 0.2) is 11.0 Å². The van der Waals surface area contributed by atoms with Crippen molar-refractivity contribution in [1.29, 1.82) is 0 Å². The predicted octanol–water partition coefficient (Wildman–Crippen LogP) is 4.30. The quantitative estimate of drug-likeness (QED) is 0.366. The Morgan fingerprint density at radius 1 is 0.879 bits per heavy atom. The van der Waals surface area contributed by atoms with Gasteiger partial charge >= 0.3 is 0 Å². The van der Waals surface area contributed by atoms with Gasteiger partial charge in [-0.15, -0.1) is 16.4 Å². The third-order valence-corrected chi connectivity index (χ3v) is 8.00. The van der Waals surface area contributed by atoms with Crippen LogP contribution in [0.5, 0.6) is 0 Å². The molecule has 0 spiro atoms. The molecule has 0 saturated carbocycles. The number of para-hydroxylation sites is 1. The van der Waals surface area contributed by atoms with E-state index in [0.29, 0.717) is 6.54 Å². The molecule has 0 radical (unpaired) electrons. The Balaban J connectivity index is 1.26. The van der Waals surface area contributed by atoms with Crippen LogP contribution in [0.25, 0.3) is 10.2 Å². The lowest BCUT2D eigenvalue weighted by Crippen LogP contribution is -2.48. The number of piperazine rings is 1. The highest BCUT2D eigenvalue weighted by atomic mass is 32.1. The summed E-state index contributed by atoms with van der Waals surface area (Å²) in [5, 5.41) is 16.1. The summed E-state index contributed by atoms with van der Waals surface area (Å²) in [7, 11) is 0. The number of thiazole rings is 1. The van der Waals surface area contributed by atoms with E-state index in [1.165, 1.54) is 15.1 Å². The number of fused-ring (bicyclic) bond motifs is 1. The fourth-order valence-corrected chi connectivity index (χ4v) is 6.10. The molecule has 1 aliphatic rings. The highest BCUT2D eigenvalue weighted by Crippen LogP contribution is 2.32. The number of hydrogen-bond acceptors (Lipinski definition) is 8. The molecule has 7 nitrogen and oxygen atoms in total. The molecule has 0 aliphatic carbocycles. The Morgan fingerprint density at radius 3 is 2.48 bits per heavy atom. The SMILES string of the molecule is c1ccc(C(c2nnnn2Cc2cccs2)N2CCN(c3nc4ccccc4s3)CC2)cc1. The van der Waals surface area contributed by atoms with E-state index in [4.69, 9.17) is 4.98 Å². The summed E-state index contributed by atoms with van der Waals surface area (Å²) in [6, 6.07) is 23.2. The maximum absolute atomic E-state index is 4.86. The molecule has 6 rings (SSSR count). The van der Waals surface area contributed by atoms with Crippen LogP contribution in [-0.4, -0.2) is 56.3 Å². The van der Waals surface area contributed by atoms with Crippen LogP contribution in [-0.2, 0) is 6.54 Å². The first-order valence-corrected chi connectivity index (χ1v) is 12.7. The topological polar surface area (TPSA) is 63.0 Å². The van der Waals surface area contributed by atoms with Crippen molar-refractivity contribution < 1.29 is 0 Å². The molecule has 3 aromatic heterocycles. The van der Waals surface area contributed by atoms with E-state index in [2.05, 4.69) is 97.4 Å². The molecule has 1 fully saturated rings. The van der Waals surface area contributed by atoms with Crippen LogP contribution in [0.3, 0.4) is 0 Å². The van der Waals surface area contributed by atoms with Gasteiger partial charge in [0.05, 0.1) is 22.8 Å². The minimum Gasteiger partial charge on any atom is -0.345 e. The number of rotatable bonds is 6. The van der Waals surface area contributed by atoms with Crippen molar-refractivity contribution in [3.8, 4) is 0 Å². The van der Waals surface area contributed by atoms with Crippen LogP contribution in [0.1, 0.15) is 22.3 Å². The van der Waals surface area contributed by atoms with E-state index in [1.54, 1.807) is 22.7 Å². The summed E-state index contributed by atoms with van der Waals surface area (Å²) in [6.07, 6.45) is 0. The molecule has 33 heavy (non-hydrogen) atoms. The Bertz CT molecular complexity index is 1290. The van der Waals surface area contributed by atoms with Gasteiger partial charge in [0.2, 0.25) is 0 Å². The molecule has 1 atom stereocenters. The molecule has 166 valence electrons. The van der Waals surface area contributed by atoms with E-state index >= 15 is 0 Å². The fraction of sp³-hybridized carbons (Fsp3) is 0.250. The highest BCUT2D eigenvalue weighted by molar-refractivity contribution is 7.22. The lowest BCUT2D eigenvalue weighted by molar-refractivity contribution is 0.201. The summed E-state index contributed by atoms with van der Waals surface area (Å²) in [5.74, 6) is 0.892. The minimum absolute atomic E-state index is 0.0127. The Labute approximate surface area is 199 Å². The van der Waals surface area contributed by atoms with Crippen molar-refractivity contribution in [2.45, 2.75) is 12.6 Å². The molecule has 1 unspecified atom stereocenters. The van der Waals surface area contributed by atoms with Gasteiger partial charge in [-0.05, 0) is 39.6 Å². The minimum atomic E-state index is 0.0127. The van der Waals surface area contributed by atoms with Crippen molar-refractivity contribution in [2.75, 3.05) is 31.1 Å². The zero-order valence-corrected chi connectivity index (χ0v) is 19.6. The number of nitrogens with zero attached hydrogens (tertiary/aromatic N) is 7. The predicted molar refractivity (Wildman–Crippen MR) is 133 cm³/mol. The van der Waals surface area contributed by atoms with Gasteiger partial charge in [-0.2, -0.15) is 0 Å². The lowest BCUT2D eigenvalue weighted by atomic mass is 10.0. The highest BCUT2D eigenvalue weighted by Gasteiger charge is 2.31. The third-order valence-electron chi connectivity index (χ3n) is 6.04. The third kappa shape index (κ3) is 4.15. The number of tetrazole rings is 1. The van der Waals surface area contributed by atoms with E-state index in [-0.39, 0.29) is 6.04 Å². The summed E-state index contributed by atoms with van der Waals surface area (Å²) >= 11 is 3.50. The standard InChI is InChI=1S/C24H23N7S2/c1-2-7-18(8-3-1)22(23-26-27-28-31(23)17-19-9-6-16-32-19)29-12-14-30(15-13-29)24-25-20-10-4-5-11-21(20)33-24/h1-11,16,22H,12-15,17H2. The number of hydrogen-bond donors (Lipinski definition) is 0. The number of benzene rings is 2. The zero-order chi connectivity index (χ0) is 22.0. The first kappa shape index (κ1) is 20.5. The largest absolute Gasteiger partial charge is 0.345 e. The maximum atomic E-state index is 4.86. The molecule has 1 aliphatic heterocycles. The van der Waals surface area contributed by atoms with Crippen LogP contribution in [0.15, 0.2) is 72.1 Å². The van der Waals surface area contributed by atoms with Gasteiger partial charge in [0, 0.05) is 31.1 Å². The number of aromatic nitrogens is 5. The molecule has 4 heterocycles. The Kier molecular flexibility index (Phi) is 5.59. The maximum Gasteiger partial charge on any atom is 0.186 e. The second-order valence-electron chi connectivity index (χ2n) is 8.07. The summed E-state index contributed by atoms with van der Waals surface area (Å²) in [4.78, 5) is 11.0. The summed E-state index contributed by atoms with van der Waals surface area (Å²) in [5.41, 5.74) is 2.29. The van der Waals surface area contributed by atoms with Gasteiger partial charge in [0.25, 0.3) is 0 Å². The monoisotopic (exact) mass is 473 g/mol. The van der Waals surface area contributed by atoms with E-state index in [1.807, 2.05) is 4.68 Å². The number of anilines is 1. The Morgan fingerprint density at radius 2 is 1.70 bits per heavy atom. The smallest absolute Gasteiger partial charge is 0.186 e. The van der Waals surface area contributed by atoms with Gasteiger partial charge < -0.3 is 4.90 Å². The van der Waals surface area contributed by atoms with E-state index in [9.17, 15) is 0 Å². The van der Waals surface area contributed by atoms with Crippen molar-refractivity contribution in [2.24, 2.45) is 0 Å². The molecule has 1 saturated heterocycles. The van der Waals surface area contributed by atoms with Gasteiger partial charge in [0.1, 0.15) is 0 Å². The molecule has 2 aromatic carbocycles. The van der Waals surface area contributed by atoms with E-state index < -0.39 is 0 Å². The molecule has 5 aromatic rings. The van der Waals surface area contributed by atoms with Gasteiger partial charge in [-0.1, -0.05) is 59.9 Å². The van der Waals surface area contributed by atoms with Gasteiger partial charge in [-0.25, -0.2) is 9.67 Å². The molecular formula is C24H23N7S2. The van der Waals surface area contributed by atoms with Crippen LogP contribution in [0.4, 0.5) is 5.13 Å². The lowest BCUT2D eigenvalue weighted by Gasteiger charge is -2.38. The molecule has 0 amide bonds. The van der Waals surface area contributed by atoms with Gasteiger partial charge in [-0.3, -0.25) is 4.90 Å². The normalized spacial score (nSPS) is 15.8. The van der Waals surface area contributed by atoms with Crippen molar-refractivity contribution in [3.63, 3.8) is 0 Å². The van der Waals surface area contributed by atoms with Crippen LogP contribution in [0.2, 0.25) is 0 Å². The second kappa shape index (κ2) is 9.01. The molecule has 0 bridgehead atoms. The van der Waals surface area contributed by atoms with Crippen molar-refractivity contribution in [3.05, 3.63) is 88.4 Å². The fourth-order valence-electron chi connectivity index (χ4n) is 4.40. The zero-order valence-electron chi connectivity index (χ0n) is 18.0. The van der Waals surface area contributed by atoms with E-state index in [0.717, 1.165) is 42.7 Å². The molecule has 0 N–H and O–H groups in total. The summed E-state index contributed by atoms with van der Waals surface area (Å²) in [6.45, 7) is 4.38. The average Bonchev–Trinajstić information content (AvgIpc) is 3.62. The van der Waals surface area contributed by atoms with Crippen LogP contribution in [0, 0.1) is 0 Å². The first-order chi connectivity index (χ1) is 16.3. The number of thiophene rings is 1. The Hall–Kier alpha value is -3.14. The summed E-state index contributed by atoms with van der Waals surface area (Å²) < 4.78 is 3.19. The van der Waals surface area contributed by atoms with Crippen molar-refractivity contribution in [1.82, 2.24) is 30.1 Å². The first-order valence-electron chi connectivity index (χ1n) is 11.0. The average molecular weight is 474 g/mol. The molecular weight excluding hydrogens is 450 g/mol. The van der Waals surface area contributed by atoms with Crippen LogP contribution < -0.4 is 4.90 Å². The van der Waals surface area contributed by atoms with Crippen LogP contribution >= 0.6 is 22.7 Å². The molecule has 9 heteroatoms.